The van der Waals surface area contributed by atoms with Crippen molar-refractivity contribution in [2.24, 2.45) is 0 Å². The van der Waals surface area contributed by atoms with E-state index in [0.717, 1.165) is 10.0 Å². The molecule has 2 rings (SSSR count). The minimum absolute atomic E-state index is 0.0679. The molecule has 2 aromatic rings. The van der Waals surface area contributed by atoms with Crippen molar-refractivity contribution in [3.8, 4) is 0 Å². The first-order chi connectivity index (χ1) is 10.6. The molecule has 0 atom stereocenters. The van der Waals surface area contributed by atoms with Crippen LogP contribution in [0.1, 0.15) is 39.6 Å². The summed E-state index contributed by atoms with van der Waals surface area (Å²) in [6, 6.07) is 14.5. The minimum atomic E-state index is -0.364. The van der Waals surface area contributed by atoms with Gasteiger partial charge >= 0.3 is 5.97 Å². The van der Waals surface area contributed by atoms with Gasteiger partial charge in [-0.3, -0.25) is 4.79 Å². The molecule has 0 saturated carbocycles. The molecular formula is C18H17BrO3. The Morgan fingerprint density at radius 3 is 2.14 bits per heavy atom. The second kappa shape index (κ2) is 7.90. The summed E-state index contributed by atoms with van der Waals surface area (Å²) < 4.78 is 5.94. The van der Waals surface area contributed by atoms with Crippen LogP contribution in [0, 0.1) is 0 Å². The second-order valence-corrected chi connectivity index (χ2v) is 5.76. The van der Waals surface area contributed by atoms with Crippen molar-refractivity contribution in [1.82, 2.24) is 0 Å². The van der Waals surface area contributed by atoms with Gasteiger partial charge in [0.2, 0.25) is 0 Å². The molecule has 3 nitrogen and oxygen atoms in total. The number of hydrogen-bond donors (Lipinski definition) is 0. The van der Waals surface area contributed by atoms with E-state index in [1.54, 1.807) is 31.2 Å². The quantitative estimate of drug-likeness (QED) is 0.564. The molecule has 0 aliphatic heterocycles. The Morgan fingerprint density at radius 2 is 1.55 bits per heavy atom. The van der Waals surface area contributed by atoms with Gasteiger partial charge in [0.25, 0.3) is 0 Å². The van der Waals surface area contributed by atoms with Gasteiger partial charge in [-0.05, 0) is 43.2 Å². The molecule has 22 heavy (non-hydrogen) atoms. The van der Waals surface area contributed by atoms with Crippen LogP contribution in [0.5, 0.6) is 0 Å². The van der Waals surface area contributed by atoms with E-state index >= 15 is 0 Å². The van der Waals surface area contributed by atoms with Gasteiger partial charge in [0.15, 0.2) is 5.78 Å². The predicted octanol–water partition coefficient (Wildman–Crippen LogP) is 4.44. The number of carbonyl (C=O) groups is 2. The average molecular weight is 361 g/mol. The van der Waals surface area contributed by atoms with Crippen LogP contribution in [0.4, 0.5) is 0 Å². The molecule has 2 aromatic carbocycles. The highest BCUT2D eigenvalue weighted by Gasteiger charge is 2.09. The van der Waals surface area contributed by atoms with Crippen LogP contribution < -0.4 is 0 Å². The second-order valence-electron chi connectivity index (χ2n) is 4.85. The highest BCUT2D eigenvalue weighted by Crippen LogP contribution is 2.14. The van der Waals surface area contributed by atoms with Crippen molar-refractivity contribution >= 4 is 27.7 Å². The zero-order valence-electron chi connectivity index (χ0n) is 12.3. The summed E-state index contributed by atoms with van der Waals surface area (Å²) in [6.07, 6.45) is 1.14. The Balaban J connectivity index is 1.95. The van der Waals surface area contributed by atoms with Crippen LogP contribution in [0.15, 0.2) is 53.0 Å². The molecule has 0 N–H and O–H groups in total. The van der Waals surface area contributed by atoms with Crippen molar-refractivity contribution in [3.05, 3.63) is 69.7 Å². The van der Waals surface area contributed by atoms with E-state index in [9.17, 15) is 9.59 Å². The molecule has 114 valence electrons. The van der Waals surface area contributed by atoms with Gasteiger partial charge in [-0.2, -0.15) is 0 Å². The van der Waals surface area contributed by atoms with Gasteiger partial charge in [0, 0.05) is 16.5 Å². The summed E-state index contributed by atoms with van der Waals surface area (Å²) in [5.41, 5.74) is 2.20. The third-order valence-electron chi connectivity index (χ3n) is 3.27. The number of benzene rings is 2. The monoisotopic (exact) mass is 360 g/mol. The Hall–Kier alpha value is -1.94. The molecule has 0 saturated heterocycles. The number of Topliss-reactive ketones (excluding diaryl/α,β-unsaturated/α-hetero) is 1. The fraction of sp³-hybridized carbons (Fsp3) is 0.222. The van der Waals surface area contributed by atoms with Gasteiger partial charge in [-0.1, -0.05) is 40.2 Å². The first-order valence-corrected chi connectivity index (χ1v) is 7.94. The summed E-state index contributed by atoms with van der Waals surface area (Å²) in [7, 11) is 0. The minimum Gasteiger partial charge on any atom is -0.462 e. The van der Waals surface area contributed by atoms with Crippen molar-refractivity contribution in [3.63, 3.8) is 0 Å². The standard InChI is InChI=1S/C18H17BrO3/c1-2-22-18(21)15-8-6-14(7-9-15)17(20)12-5-13-3-10-16(19)11-4-13/h3-4,6-11H,2,5,12H2,1H3. The van der Waals surface area contributed by atoms with E-state index in [-0.39, 0.29) is 11.8 Å². The highest BCUT2D eigenvalue weighted by atomic mass is 79.9. The molecule has 0 aliphatic carbocycles. The summed E-state index contributed by atoms with van der Waals surface area (Å²) in [5.74, 6) is -0.297. The maximum absolute atomic E-state index is 12.2. The molecule has 4 heteroatoms. The van der Waals surface area contributed by atoms with E-state index in [2.05, 4.69) is 15.9 Å². The summed E-state index contributed by atoms with van der Waals surface area (Å²) in [4.78, 5) is 23.7. The lowest BCUT2D eigenvalue weighted by Gasteiger charge is -2.04. The van der Waals surface area contributed by atoms with Crippen LogP contribution in [0.2, 0.25) is 0 Å². The molecule has 0 spiro atoms. The summed E-state index contributed by atoms with van der Waals surface area (Å²) >= 11 is 3.39. The topological polar surface area (TPSA) is 43.4 Å². The Labute approximate surface area is 138 Å². The van der Waals surface area contributed by atoms with Gasteiger partial charge in [-0.25, -0.2) is 4.79 Å². The molecule has 0 aliphatic rings. The predicted molar refractivity (Wildman–Crippen MR) is 89.2 cm³/mol. The number of ketones is 1. The highest BCUT2D eigenvalue weighted by molar-refractivity contribution is 9.10. The SMILES string of the molecule is CCOC(=O)c1ccc(C(=O)CCc2ccc(Br)cc2)cc1. The number of carbonyl (C=O) groups excluding carboxylic acids is 2. The third kappa shape index (κ3) is 4.53. The lowest BCUT2D eigenvalue weighted by molar-refractivity contribution is 0.0526. The molecular weight excluding hydrogens is 344 g/mol. The maximum atomic E-state index is 12.2. The van der Waals surface area contributed by atoms with Gasteiger partial charge < -0.3 is 4.74 Å². The molecule has 0 heterocycles. The Morgan fingerprint density at radius 1 is 0.955 bits per heavy atom. The third-order valence-corrected chi connectivity index (χ3v) is 3.80. The maximum Gasteiger partial charge on any atom is 0.338 e. The van der Waals surface area contributed by atoms with E-state index in [0.29, 0.717) is 30.6 Å². The number of hydrogen-bond acceptors (Lipinski definition) is 3. The summed E-state index contributed by atoms with van der Waals surface area (Å²) in [6.45, 7) is 2.10. The van der Waals surface area contributed by atoms with Crippen LogP contribution in [0.3, 0.4) is 0 Å². The lowest BCUT2D eigenvalue weighted by Crippen LogP contribution is -2.06. The molecule has 0 amide bonds. The normalized spacial score (nSPS) is 10.3. The van der Waals surface area contributed by atoms with Gasteiger partial charge in [0.1, 0.15) is 0 Å². The number of ether oxygens (including phenoxy) is 1. The lowest BCUT2D eigenvalue weighted by atomic mass is 10.0. The smallest absolute Gasteiger partial charge is 0.338 e. The fourth-order valence-corrected chi connectivity index (χ4v) is 2.32. The number of esters is 1. The fourth-order valence-electron chi connectivity index (χ4n) is 2.06. The molecule has 0 radical (unpaired) electrons. The zero-order chi connectivity index (χ0) is 15.9. The van der Waals surface area contributed by atoms with Crippen molar-refractivity contribution < 1.29 is 14.3 Å². The van der Waals surface area contributed by atoms with Crippen molar-refractivity contribution in [2.45, 2.75) is 19.8 Å². The Bertz CT molecular complexity index is 645. The zero-order valence-corrected chi connectivity index (χ0v) is 13.9. The van der Waals surface area contributed by atoms with E-state index < -0.39 is 0 Å². The first-order valence-electron chi connectivity index (χ1n) is 7.15. The van der Waals surface area contributed by atoms with Crippen LogP contribution in [-0.2, 0) is 11.2 Å². The summed E-state index contributed by atoms with van der Waals surface area (Å²) in [5, 5.41) is 0. The molecule has 0 bridgehead atoms. The molecule has 0 unspecified atom stereocenters. The largest absolute Gasteiger partial charge is 0.462 e. The van der Waals surface area contributed by atoms with Crippen LogP contribution >= 0.6 is 15.9 Å². The van der Waals surface area contributed by atoms with Crippen molar-refractivity contribution in [1.29, 1.82) is 0 Å². The van der Waals surface area contributed by atoms with E-state index in [1.807, 2.05) is 24.3 Å². The Kier molecular flexibility index (Phi) is 5.90. The molecule has 0 aromatic heterocycles. The van der Waals surface area contributed by atoms with Crippen LogP contribution in [-0.4, -0.2) is 18.4 Å². The average Bonchev–Trinajstić information content (AvgIpc) is 2.54. The van der Waals surface area contributed by atoms with E-state index in [1.165, 1.54) is 0 Å². The van der Waals surface area contributed by atoms with Crippen molar-refractivity contribution in [2.75, 3.05) is 6.61 Å². The number of rotatable bonds is 6. The van der Waals surface area contributed by atoms with E-state index in [4.69, 9.17) is 4.74 Å². The molecule has 0 fully saturated rings. The number of aryl methyl sites for hydroxylation is 1. The van der Waals surface area contributed by atoms with Gasteiger partial charge in [0.05, 0.1) is 12.2 Å². The van der Waals surface area contributed by atoms with Gasteiger partial charge in [-0.15, -0.1) is 0 Å². The first kappa shape index (κ1) is 16.4. The van der Waals surface area contributed by atoms with Crippen LogP contribution in [0.25, 0.3) is 0 Å². The number of halogens is 1.